The van der Waals surface area contributed by atoms with Gasteiger partial charge in [0.05, 0.1) is 11.1 Å². The zero-order valence-corrected chi connectivity index (χ0v) is 12.0. The topological polar surface area (TPSA) is 42.0 Å². The predicted molar refractivity (Wildman–Crippen MR) is 73.6 cm³/mol. The standard InChI is InChI=1S/C13H6Cl2F4N2O/c14-10-8(5-9(16)11(15)21-10)12(22)20-7-3-1-6(2-4-7)13(17,18)19/h1-5H,(H,20,22). The average molecular weight is 353 g/mol. The number of nitrogens with one attached hydrogen (secondary N) is 1. The fourth-order valence-electron chi connectivity index (χ4n) is 1.55. The molecule has 0 unspecified atom stereocenters. The number of carbonyl (C=O) groups is 1. The van der Waals surface area contributed by atoms with Gasteiger partial charge in [-0.2, -0.15) is 13.2 Å². The van der Waals surface area contributed by atoms with Crippen LogP contribution in [0, 0.1) is 5.82 Å². The Hall–Kier alpha value is -1.86. The first-order chi connectivity index (χ1) is 10.2. The number of aromatic nitrogens is 1. The lowest BCUT2D eigenvalue weighted by atomic mass is 10.2. The Kier molecular flexibility index (Phi) is 4.58. The molecule has 0 saturated heterocycles. The quantitative estimate of drug-likeness (QED) is 0.623. The normalized spacial score (nSPS) is 11.4. The Balaban J connectivity index is 2.21. The van der Waals surface area contributed by atoms with Crippen LogP contribution in [0.1, 0.15) is 15.9 Å². The third-order valence-corrected chi connectivity index (χ3v) is 3.15. The fraction of sp³-hybridized carbons (Fsp3) is 0.0769. The minimum absolute atomic E-state index is 0.0874. The van der Waals surface area contributed by atoms with Crippen LogP contribution in [0.15, 0.2) is 30.3 Å². The highest BCUT2D eigenvalue weighted by molar-refractivity contribution is 6.35. The van der Waals surface area contributed by atoms with Crippen LogP contribution in [0.25, 0.3) is 0 Å². The fourth-order valence-corrected chi connectivity index (χ4v) is 1.95. The number of hydrogen-bond donors (Lipinski definition) is 1. The van der Waals surface area contributed by atoms with Gasteiger partial charge in [0.25, 0.3) is 5.91 Å². The number of hydrogen-bond acceptors (Lipinski definition) is 2. The third-order valence-electron chi connectivity index (χ3n) is 2.60. The Bertz CT molecular complexity index is 717. The van der Waals surface area contributed by atoms with Crippen LogP contribution in [-0.2, 0) is 6.18 Å². The lowest BCUT2D eigenvalue weighted by Gasteiger charge is -2.09. The summed E-state index contributed by atoms with van der Waals surface area (Å²) in [7, 11) is 0. The predicted octanol–water partition coefficient (Wildman–Crippen LogP) is 4.80. The molecule has 2 rings (SSSR count). The van der Waals surface area contributed by atoms with Crippen molar-refractivity contribution in [2.45, 2.75) is 6.18 Å². The summed E-state index contributed by atoms with van der Waals surface area (Å²) in [5.41, 5.74) is -1.06. The average Bonchev–Trinajstić information content (AvgIpc) is 2.42. The first kappa shape index (κ1) is 16.5. The van der Waals surface area contributed by atoms with Crippen molar-refractivity contribution < 1.29 is 22.4 Å². The molecule has 1 N–H and O–H groups in total. The highest BCUT2D eigenvalue weighted by Gasteiger charge is 2.30. The van der Waals surface area contributed by atoms with Crippen LogP contribution < -0.4 is 5.32 Å². The summed E-state index contributed by atoms with van der Waals surface area (Å²) in [6.07, 6.45) is -4.48. The van der Waals surface area contributed by atoms with E-state index in [4.69, 9.17) is 23.2 Å². The van der Waals surface area contributed by atoms with Gasteiger partial charge in [-0.3, -0.25) is 4.79 Å². The molecule has 1 aromatic heterocycles. The molecule has 0 atom stereocenters. The van der Waals surface area contributed by atoms with Crippen LogP contribution in [-0.4, -0.2) is 10.9 Å². The molecule has 0 bridgehead atoms. The number of alkyl halides is 3. The number of benzene rings is 1. The van der Waals surface area contributed by atoms with Crippen LogP contribution in [0.2, 0.25) is 10.3 Å². The van der Waals surface area contributed by atoms with Gasteiger partial charge in [0.15, 0.2) is 11.0 Å². The van der Waals surface area contributed by atoms with Gasteiger partial charge in [-0.15, -0.1) is 0 Å². The molecule has 2 aromatic rings. The molecule has 0 aliphatic rings. The van der Waals surface area contributed by atoms with Gasteiger partial charge < -0.3 is 5.32 Å². The molecule has 3 nitrogen and oxygen atoms in total. The van der Waals surface area contributed by atoms with Crippen molar-refractivity contribution in [2.24, 2.45) is 0 Å². The monoisotopic (exact) mass is 352 g/mol. The summed E-state index contributed by atoms with van der Waals surface area (Å²) >= 11 is 11.1. The molecular formula is C13H6Cl2F4N2O. The van der Waals surface area contributed by atoms with E-state index in [1.807, 2.05) is 0 Å². The number of pyridine rings is 1. The maximum Gasteiger partial charge on any atom is 0.416 e. The number of rotatable bonds is 2. The second-order valence-corrected chi connectivity index (χ2v) is 4.84. The molecule has 0 radical (unpaired) electrons. The van der Waals surface area contributed by atoms with Gasteiger partial charge in [-0.05, 0) is 30.3 Å². The van der Waals surface area contributed by atoms with Crippen LogP contribution in [0.5, 0.6) is 0 Å². The minimum atomic E-state index is -4.48. The number of halogens is 6. The lowest BCUT2D eigenvalue weighted by molar-refractivity contribution is -0.137. The van der Waals surface area contributed by atoms with Crippen LogP contribution in [0.4, 0.5) is 23.2 Å². The second-order valence-electron chi connectivity index (χ2n) is 4.13. The van der Waals surface area contributed by atoms with E-state index < -0.39 is 28.6 Å². The zero-order chi connectivity index (χ0) is 16.5. The molecule has 0 aliphatic carbocycles. The SMILES string of the molecule is O=C(Nc1ccc(C(F)(F)F)cc1)c1cc(F)c(Cl)nc1Cl. The van der Waals surface area contributed by atoms with Crippen molar-refractivity contribution in [1.82, 2.24) is 4.98 Å². The second kappa shape index (κ2) is 6.10. The smallest absolute Gasteiger partial charge is 0.322 e. The molecule has 9 heteroatoms. The van der Waals surface area contributed by atoms with E-state index >= 15 is 0 Å². The zero-order valence-electron chi connectivity index (χ0n) is 10.5. The number of anilines is 1. The van der Waals surface area contributed by atoms with Crippen molar-refractivity contribution in [3.05, 3.63) is 57.6 Å². The van der Waals surface area contributed by atoms with Gasteiger partial charge in [-0.25, -0.2) is 9.37 Å². The van der Waals surface area contributed by atoms with Gasteiger partial charge >= 0.3 is 6.18 Å². The van der Waals surface area contributed by atoms with Gasteiger partial charge in [0.1, 0.15) is 5.15 Å². The van der Waals surface area contributed by atoms with Crippen LogP contribution >= 0.6 is 23.2 Å². The van der Waals surface area contributed by atoms with E-state index in [-0.39, 0.29) is 16.4 Å². The van der Waals surface area contributed by atoms with Crippen LogP contribution in [0.3, 0.4) is 0 Å². The van der Waals surface area contributed by atoms with Gasteiger partial charge in [-0.1, -0.05) is 23.2 Å². The molecule has 1 heterocycles. The molecule has 1 aromatic carbocycles. The van der Waals surface area contributed by atoms with Gasteiger partial charge in [0.2, 0.25) is 0 Å². The summed E-state index contributed by atoms with van der Waals surface area (Å²) in [6, 6.07) is 4.52. The van der Waals surface area contributed by atoms with Crippen molar-refractivity contribution in [2.75, 3.05) is 5.32 Å². The first-order valence-electron chi connectivity index (χ1n) is 5.68. The third kappa shape index (κ3) is 3.66. The summed E-state index contributed by atoms with van der Waals surface area (Å²) in [4.78, 5) is 15.3. The van der Waals surface area contributed by atoms with Crippen molar-refractivity contribution in [1.29, 1.82) is 0 Å². The summed E-state index contributed by atoms with van der Waals surface area (Å²) in [5, 5.41) is 1.47. The Labute approximate surface area is 131 Å². The van der Waals surface area contributed by atoms with Gasteiger partial charge in [0, 0.05) is 5.69 Å². The molecule has 0 spiro atoms. The molecule has 116 valence electrons. The molecule has 0 saturated carbocycles. The molecule has 0 aliphatic heterocycles. The Morgan fingerprint density at radius 3 is 2.23 bits per heavy atom. The largest absolute Gasteiger partial charge is 0.416 e. The molecule has 22 heavy (non-hydrogen) atoms. The minimum Gasteiger partial charge on any atom is -0.322 e. The highest BCUT2D eigenvalue weighted by Crippen LogP contribution is 2.30. The van der Waals surface area contributed by atoms with E-state index in [0.29, 0.717) is 0 Å². The van der Waals surface area contributed by atoms with E-state index in [9.17, 15) is 22.4 Å². The van der Waals surface area contributed by atoms with Crippen molar-refractivity contribution in [3.8, 4) is 0 Å². The van der Waals surface area contributed by atoms with E-state index in [1.165, 1.54) is 0 Å². The van der Waals surface area contributed by atoms with Crippen molar-refractivity contribution >= 4 is 34.8 Å². The van der Waals surface area contributed by atoms with Crippen molar-refractivity contribution in [3.63, 3.8) is 0 Å². The lowest BCUT2D eigenvalue weighted by Crippen LogP contribution is -2.14. The summed E-state index contributed by atoms with van der Waals surface area (Å²) in [6.45, 7) is 0. The number of nitrogens with zero attached hydrogens (tertiary/aromatic N) is 1. The molecule has 1 amide bonds. The Morgan fingerprint density at radius 2 is 1.68 bits per heavy atom. The van der Waals surface area contributed by atoms with E-state index in [2.05, 4.69) is 10.3 Å². The highest BCUT2D eigenvalue weighted by atomic mass is 35.5. The van der Waals surface area contributed by atoms with E-state index in [0.717, 1.165) is 30.3 Å². The maximum absolute atomic E-state index is 13.3. The summed E-state index contributed by atoms with van der Waals surface area (Å²) in [5.74, 6) is -1.77. The van der Waals surface area contributed by atoms with E-state index in [1.54, 1.807) is 0 Å². The number of carbonyl (C=O) groups excluding carboxylic acids is 1. The summed E-state index contributed by atoms with van der Waals surface area (Å²) < 4.78 is 50.5. The molecular weight excluding hydrogens is 347 g/mol. The Morgan fingerprint density at radius 1 is 1.09 bits per heavy atom. The first-order valence-corrected chi connectivity index (χ1v) is 6.44. The molecule has 0 fully saturated rings. The maximum atomic E-state index is 13.3. The number of amides is 1.